The number of hydrogen-bond acceptors (Lipinski definition) is 5. The largest absolute Gasteiger partial charge is 0.484 e. The highest BCUT2D eigenvalue weighted by Gasteiger charge is 2.33. The first-order valence-electron chi connectivity index (χ1n) is 8.21. The van der Waals surface area contributed by atoms with Crippen molar-refractivity contribution in [1.82, 2.24) is 20.4 Å². The molecule has 0 aliphatic carbocycles. The molecule has 26 heavy (non-hydrogen) atoms. The molecule has 1 aliphatic rings. The molecule has 2 aromatic rings. The molecule has 1 aromatic carbocycles. The summed E-state index contributed by atoms with van der Waals surface area (Å²) in [6, 6.07) is 6.79. The van der Waals surface area contributed by atoms with Gasteiger partial charge in [0.1, 0.15) is 12.6 Å². The molecule has 1 aromatic heterocycles. The van der Waals surface area contributed by atoms with Gasteiger partial charge in [0.25, 0.3) is 5.91 Å². The number of amides is 2. The van der Waals surface area contributed by atoms with E-state index in [2.05, 4.69) is 15.5 Å². The number of ether oxygens (including phenoxy) is 1. The molecule has 2 amide bonds. The van der Waals surface area contributed by atoms with Crippen LogP contribution in [0.1, 0.15) is 22.6 Å². The number of aromatic nitrogens is 2. The first-order chi connectivity index (χ1) is 12.6. The van der Waals surface area contributed by atoms with Crippen LogP contribution in [0, 0.1) is 5.82 Å². The Hall–Kier alpha value is -2.94. The van der Waals surface area contributed by atoms with Crippen molar-refractivity contribution in [1.29, 1.82) is 0 Å². The molecule has 8 nitrogen and oxygen atoms in total. The SMILES string of the molecule is O=C1NCCN(C(=O)c2cc(COc3ccccc3F)[nH]n2)[C@H]1CCO. The fourth-order valence-electron chi connectivity index (χ4n) is 2.78. The fraction of sp³-hybridized carbons (Fsp3) is 0.353. The van der Waals surface area contributed by atoms with Gasteiger partial charge in [0.05, 0.1) is 5.69 Å². The summed E-state index contributed by atoms with van der Waals surface area (Å²) in [7, 11) is 0. The van der Waals surface area contributed by atoms with Crippen LogP contribution in [0.2, 0.25) is 0 Å². The lowest BCUT2D eigenvalue weighted by molar-refractivity contribution is -0.128. The number of nitrogens with zero attached hydrogens (tertiary/aromatic N) is 2. The summed E-state index contributed by atoms with van der Waals surface area (Å²) in [5.41, 5.74) is 0.631. The van der Waals surface area contributed by atoms with Crippen LogP contribution >= 0.6 is 0 Å². The number of benzene rings is 1. The Morgan fingerprint density at radius 1 is 1.42 bits per heavy atom. The van der Waals surface area contributed by atoms with Crippen molar-refractivity contribution in [2.75, 3.05) is 19.7 Å². The van der Waals surface area contributed by atoms with Crippen LogP contribution in [0.4, 0.5) is 4.39 Å². The summed E-state index contributed by atoms with van der Waals surface area (Å²) >= 11 is 0. The molecule has 0 bridgehead atoms. The molecule has 1 fully saturated rings. The third kappa shape index (κ3) is 3.83. The van der Waals surface area contributed by atoms with Gasteiger partial charge in [-0.25, -0.2) is 4.39 Å². The van der Waals surface area contributed by atoms with E-state index in [-0.39, 0.29) is 37.0 Å². The van der Waals surface area contributed by atoms with Crippen molar-refractivity contribution in [2.24, 2.45) is 0 Å². The molecule has 1 atom stereocenters. The topological polar surface area (TPSA) is 108 Å². The van der Waals surface area contributed by atoms with E-state index < -0.39 is 17.8 Å². The van der Waals surface area contributed by atoms with Crippen molar-refractivity contribution in [3.05, 3.63) is 47.5 Å². The van der Waals surface area contributed by atoms with E-state index in [9.17, 15) is 14.0 Å². The molecule has 9 heteroatoms. The predicted molar refractivity (Wildman–Crippen MR) is 88.9 cm³/mol. The number of rotatable bonds is 6. The number of H-pyrrole nitrogens is 1. The number of nitrogens with one attached hydrogen (secondary N) is 2. The van der Waals surface area contributed by atoms with Crippen LogP contribution in [-0.4, -0.2) is 57.8 Å². The maximum atomic E-state index is 13.6. The quantitative estimate of drug-likeness (QED) is 0.692. The van der Waals surface area contributed by atoms with E-state index in [0.29, 0.717) is 18.8 Å². The first kappa shape index (κ1) is 17.9. The number of piperazine rings is 1. The third-order valence-electron chi connectivity index (χ3n) is 4.06. The van der Waals surface area contributed by atoms with Gasteiger partial charge < -0.3 is 20.1 Å². The fourth-order valence-corrected chi connectivity index (χ4v) is 2.78. The number of aliphatic hydroxyl groups is 1. The van der Waals surface area contributed by atoms with Crippen molar-refractivity contribution in [3.8, 4) is 5.75 Å². The number of carbonyl (C=O) groups is 2. The summed E-state index contributed by atoms with van der Waals surface area (Å²) in [6.45, 7) is 0.495. The van der Waals surface area contributed by atoms with E-state index in [1.165, 1.54) is 23.1 Å². The van der Waals surface area contributed by atoms with E-state index in [1.807, 2.05) is 0 Å². The van der Waals surface area contributed by atoms with Gasteiger partial charge in [-0.2, -0.15) is 5.10 Å². The summed E-state index contributed by atoms with van der Waals surface area (Å²) in [5.74, 6) is -1.08. The molecule has 3 rings (SSSR count). The molecule has 138 valence electrons. The van der Waals surface area contributed by atoms with Gasteiger partial charge in [-0.15, -0.1) is 0 Å². The van der Waals surface area contributed by atoms with Gasteiger partial charge in [0.2, 0.25) is 5.91 Å². The average Bonchev–Trinajstić information content (AvgIpc) is 3.11. The zero-order valence-corrected chi connectivity index (χ0v) is 13.9. The number of aliphatic hydroxyl groups excluding tert-OH is 1. The van der Waals surface area contributed by atoms with Gasteiger partial charge in [-0.3, -0.25) is 14.7 Å². The molecule has 2 heterocycles. The van der Waals surface area contributed by atoms with Crippen LogP contribution in [0.3, 0.4) is 0 Å². The minimum absolute atomic E-state index is 0.0156. The molecular weight excluding hydrogens is 343 g/mol. The van der Waals surface area contributed by atoms with Crippen LogP contribution in [0.25, 0.3) is 0 Å². The zero-order valence-electron chi connectivity index (χ0n) is 13.9. The highest BCUT2D eigenvalue weighted by molar-refractivity contribution is 5.96. The lowest BCUT2D eigenvalue weighted by atomic mass is 10.1. The number of para-hydroxylation sites is 1. The third-order valence-corrected chi connectivity index (χ3v) is 4.06. The Bertz CT molecular complexity index is 795. The second kappa shape index (κ2) is 7.96. The van der Waals surface area contributed by atoms with Gasteiger partial charge >= 0.3 is 0 Å². The smallest absolute Gasteiger partial charge is 0.275 e. The molecule has 0 unspecified atom stereocenters. The summed E-state index contributed by atoms with van der Waals surface area (Å²) < 4.78 is 18.9. The molecule has 0 saturated carbocycles. The van der Waals surface area contributed by atoms with E-state index in [0.717, 1.165) is 0 Å². The van der Waals surface area contributed by atoms with Gasteiger partial charge in [-0.1, -0.05) is 12.1 Å². The number of carbonyl (C=O) groups excluding carboxylic acids is 2. The molecular formula is C17H19FN4O4. The Balaban J connectivity index is 1.67. The second-order valence-electron chi connectivity index (χ2n) is 5.82. The Kier molecular flexibility index (Phi) is 5.47. The van der Waals surface area contributed by atoms with E-state index in [1.54, 1.807) is 12.1 Å². The van der Waals surface area contributed by atoms with Crippen LogP contribution < -0.4 is 10.1 Å². The van der Waals surface area contributed by atoms with Gasteiger partial charge in [0, 0.05) is 19.7 Å². The number of halogens is 1. The Morgan fingerprint density at radius 3 is 3.00 bits per heavy atom. The van der Waals surface area contributed by atoms with Gasteiger partial charge in [0.15, 0.2) is 17.3 Å². The molecule has 1 aliphatic heterocycles. The normalized spacial score (nSPS) is 17.1. The first-order valence-corrected chi connectivity index (χ1v) is 8.21. The standard InChI is InChI=1S/C17H19FN4O4/c18-12-3-1-2-4-15(12)26-10-11-9-13(21-20-11)17(25)22-7-6-19-16(24)14(22)5-8-23/h1-4,9,14,23H,5-8,10H2,(H,19,24)(H,20,21)/t14-/m0/s1. The van der Waals surface area contributed by atoms with Crippen LogP contribution in [0.15, 0.2) is 30.3 Å². The molecule has 3 N–H and O–H groups in total. The summed E-state index contributed by atoms with van der Waals surface area (Å²) in [6.07, 6.45) is 0.158. The maximum absolute atomic E-state index is 13.6. The average molecular weight is 362 g/mol. The van der Waals surface area contributed by atoms with Crippen molar-refractivity contribution >= 4 is 11.8 Å². The van der Waals surface area contributed by atoms with Gasteiger partial charge in [-0.05, 0) is 24.6 Å². The molecule has 0 spiro atoms. The van der Waals surface area contributed by atoms with Crippen LogP contribution in [-0.2, 0) is 11.4 Å². The molecule has 0 radical (unpaired) electrons. The van der Waals surface area contributed by atoms with Crippen molar-refractivity contribution in [2.45, 2.75) is 19.1 Å². The lowest BCUT2D eigenvalue weighted by Gasteiger charge is -2.34. The summed E-state index contributed by atoms with van der Waals surface area (Å²) in [5, 5.41) is 18.4. The predicted octanol–water partition coefficient (Wildman–Crippen LogP) is 0.451. The Morgan fingerprint density at radius 2 is 2.23 bits per heavy atom. The van der Waals surface area contributed by atoms with E-state index >= 15 is 0 Å². The van der Waals surface area contributed by atoms with E-state index in [4.69, 9.17) is 9.84 Å². The lowest BCUT2D eigenvalue weighted by Crippen LogP contribution is -2.57. The number of aromatic amines is 1. The monoisotopic (exact) mass is 362 g/mol. The molecule has 1 saturated heterocycles. The van der Waals surface area contributed by atoms with Crippen molar-refractivity contribution < 1.29 is 23.8 Å². The highest BCUT2D eigenvalue weighted by Crippen LogP contribution is 2.18. The summed E-state index contributed by atoms with van der Waals surface area (Å²) in [4.78, 5) is 26.0. The zero-order chi connectivity index (χ0) is 18.5. The van der Waals surface area contributed by atoms with Crippen LogP contribution in [0.5, 0.6) is 5.75 Å². The second-order valence-corrected chi connectivity index (χ2v) is 5.82. The highest BCUT2D eigenvalue weighted by atomic mass is 19.1. The minimum Gasteiger partial charge on any atom is -0.484 e. The van der Waals surface area contributed by atoms with Crippen molar-refractivity contribution in [3.63, 3.8) is 0 Å². The minimum atomic E-state index is -0.726. The number of hydrogen-bond donors (Lipinski definition) is 3. The maximum Gasteiger partial charge on any atom is 0.275 e. The Labute approximate surface area is 149 Å².